The van der Waals surface area contributed by atoms with Crippen molar-refractivity contribution >= 4 is 17.4 Å². The van der Waals surface area contributed by atoms with E-state index in [2.05, 4.69) is 41.5 Å². The average Bonchev–Trinajstić information content (AvgIpc) is 2.66. The van der Waals surface area contributed by atoms with Crippen LogP contribution in [0.4, 0.5) is 5.69 Å². The number of hydrogen-bond donors (Lipinski definition) is 2. The molecule has 3 N–H and O–H groups in total. The molecule has 1 heterocycles. The number of azo groups is 1. The van der Waals surface area contributed by atoms with Crippen LogP contribution in [-0.2, 0) is 10.2 Å². The van der Waals surface area contributed by atoms with E-state index in [-0.39, 0.29) is 17.2 Å². The topological polar surface area (TPSA) is 92.2 Å². The summed E-state index contributed by atoms with van der Waals surface area (Å²) in [6.07, 6.45) is 0. The van der Waals surface area contributed by atoms with E-state index in [1.54, 1.807) is 0 Å². The van der Waals surface area contributed by atoms with Crippen LogP contribution in [0.1, 0.15) is 26.3 Å². The number of benzene rings is 1. The van der Waals surface area contributed by atoms with Crippen LogP contribution in [0.3, 0.4) is 0 Å². The Morgan fingerprint density at radius 2 is 1.89 bits per heavy atom. The third kappa shape index (κ3) is 2.96. The van der Waals surface area contributed by atoms with Crippen LogP contribution in [0.15, 0.2) is 39.6 Å². The zero-order chi connectivity index (χ0) is 14.0. The number of rotatable bonds is 2. The van der Waals surface area contributed by atoms with Crippen molar-refractivity contribution in [1.29, 1.82) is 0 Å². The van der Waals surface area contributed by atoms with Gasteiger partial charge in [0.25, 0.3) is 5.91 Å². The smallest absolute Gasteiger partial charge is 0.274 e. The van der Waals surface area contributed by atoms with E-state index in [1.165, 1.54) is 5.56 Å². The van der Waals surface area contributed by atoms with Crippen molar-refractivity contribution in [3.05, 3.63) is 29.8 Å². The highest BCUT2D eigenvalue weighted by Crippen LogP contribution is 2.24. The molecule has 0 aliphatic carbocycles. The Labute approximate surface area is 111 Å². The third-order valence-corrected chi connectivity index (χ3v) is 2.85. The first-order valence-electron chi connectivity index (χ1n) is 6.02. The summed E-state index contributed by atoms with van der Waals surface area (Å²) < 4.78 is 0. The summed E-state index contributed by atoms with van der Waals surface area (Å²) in [7, 11) is 0. The minimum Gasteiger partial charge on any atom is -0.383 e. The molecular weight excluding hydrogens is 242 g/mol. The number of hydrogen-bond acceptors (Lipinski definition) is 5. The number of carbonyl (C=O) groups is 1. The van der Waals surface area contributed by atoms with Crippen molar-refractivity contribution < 1.29 is 4.79 Å². The monoisotopic (exact) mass is 259 g/mol. The van der Waals surface area contributed by atoms with Crippen LogP contribution < -0.4 is 11.2 Å². The molecule has 0 radical (unpaired) electrons. The summed E-state index contributed by atoms with van der Waals surface area (Å²) in [6, 6.07) is 6.91. The lowest BCUT2D eigenvalue weighted by molar-refractivity contribution is -0.120. The third-order valence-electron chi connectivity index (χ3n) is 2.85. The minimum atomic E-state index is -0.817. The Hall–Kier alpha value is -2.24. The number of amidine groups is 1. The summed E-state index contributed by atoms with van der Waals surface area (Å²) >= 11 is 0. The van der Waals surface area contributed by atoms with Gasteiger partial charge in [-0.05, 0) is 23.1 Å². The Morgan fingerprint density at radius 3 is 2.37 bits per heavy atom. The normalized spacial score (nSPS) is 19.6. The van der Waals surface area contributed by atoms with Gasteiger partial charge in [0.15, 0.2) is 5.84 Å². The van der Waals surface area contributed by atoms with E-state index in [9.17, 15) is 4.79 Å². The lowest BCUT2D eigenvalue weighted by Crippen LogP contribution is -2.31. The van der Waals surface area contributed by atoms with Crippen molar-refractivity contribution in [2.45, 2.75) is 32.2 Å². The zero-order valence-corrected chi connectivity index (χ0v) is 11.2. The number of nitrogens with one attached hydrogen (secondary N) is 1. The zero-order valence-electron chi connectivity index (χ0n) is 11.2. The molecule has 0 unspecified atom stereocenters. The second-order valence-electron chi connectivity index (χ2n) is 5.43. The number of nitrogens with zero attached hydrogens (tertiary/aromatic N) is 3. The Bertz CT molecular complexity index is 539. The Morgan fingerprint density at radius 1 is 1.26 bits per heavy atom. The van der Waals surface area contributed by atoms with Crippen LogP contribution >= 0.6 is 0 Å². The van der Waals surface area contributed by atoms with Crippen molar-refractivity contribution in [2.75, 3.05) is 0 Å². The first-order chi connectivity index (χ1) is 8.88. The molecule has 1 amide bonds. The van der Waals surface area contributed by atoms with Crippen molar-refractivity contribution in [3.8, 4) is 0 Å². The predicted octanol–water partition coefficient (Wildman–Crippen LogP) is 1.84. The molecule has 1 aromatic carbocycles. The SMILES string of the molecule is CC(C)(C)c1ccc(N=N[C@@H]2C(=O)NN=C2N)cc1. The lowest BCUT2D eigenvalue weighted by atomic mass is 9.87. The molecule has 1 aliphatic heterocycles. The minimum absolute atomic E-state index is 0.0953. The second kappa shape index (κ2) is 4.79. The molecule has 0 saturated heterocycles. The van der Waals surface area contributed by atoms with Gasteiger partial charge in [-0.15, -0.1) is 0 Å². The summed E-state index contributed by atoms with van der Waals surface area (Å²) in [4.78, 5) is 11.3. The van der Waals surface area contributed by atoms with E-state index >= 15 is 0 Å². The fourth-order valence-corrected chi connectivity index (χ4v) is 1.64. The maximum Gasteiger partial charge on any atom is 0.274 e. The van der Waals surface area contributed by atoms with Gasteiger partial charge in [-0.2, -0.15) is 15.3 Å². The molecule has 19 heavy (non-hydrogen) atoms. The molecule has 1 aromatic rings. The molecule has 1 atom stereocenters. The van der Waals surface area contributed by atoms with Crippen molar-refractivity contribution in [3.63, 3.8) is 0 Å². The van der Waals surface area contributed by atoms with E-state index in [4.69, 9.17) is 5.73 Å². The van der Waals surface area contributed by atoms with E-state index in [0.29, 0.717) is 5.69 Å². The van der Waals surface area contributed by atoms with Gasteiger partial charge in [0.1, 0.15) is 0 Å². The fraction of sp³-hybridized carbons (Fsp3) is 0.385. The number of amides is 1. The summed E-state index contributed by atoms with van der Waals surface area (Å²) in [6.45, 7) is 6.43. The molecule has 2 rings (SSSR count). The van der Waals surface area contributed by atoms with Gasteiger partial charge < -0.3 is 5.73 Å². The van der Waals surface area contributed by atoms with Crippen LogP contribution in [-0.4, -0.2) is 17.8 Å². The van der Waals surface area contributed by atoms with Gasteiger partial charge in [-0.25, -0.2) is 5.43 Å². The quantitative estimate of drug-likeness (QED) is 0.793. The van der Waals surface area contributed by atoms with Crippen LogP contribution in [0.5, 0.6) is 0 Å². The molecule has 1 aliphatic rings. The largest absolute Gasteiger partial charge is 0.383 e. The van der Waals surface area contributed by atoms with Gasteiger partial charge in [0, 0.05) is 0 Å². The van der Waals surface area contributed by atoms with Gasteiger partial charge in [-0.1, -0.05) is 32.9 Å². The van der Waals surface area contributed by atoms with Crippen LogP contribution in [0.2, 0.25) is 0 Å². The molecule has 100 valence electrons. The number of nitrogens with two attached hydrogens (primary N) is 1. The van der Waals surface area contributed by atoms with Crippen LogP contribution in [0.25, 0.3) is 0 Å². The van der Waals surface area contributed by atoms with E-state index < -0.39 is 6.04 Å². The highest BCUT2D eigenvalue weighted by Gasteiger charge is 2.27. The average molecular weight is 259 g/mol. The maximum atomic E-state index is 11.3. The summed E-state index contributed by atoms with van der Waals surface area (Å²) in [5.41, 5.74) is 9.77. The molecule has 0 aromatic heterocycles. The standard InChI is InChI=1S/C13H17N5O/c1-13(2,3)8-4-6-9(7-5-8)15-16-10-11(14)17-18-12(10)19/h4-7,10H,1-3H3,(H2,14,17)(H,18,19)/t10-/m0/s1. The first-order valence-corrected chi connectivity index (χ1v) is 6.02. The summed E-state index contributed by atoms with van der Waals surface area (Å²) in [5, 5.41) is 11.5. The molecule has 6 nitrogen and oxygen atoms in total. The molecule has 6 heteroatoms. The van der Waals surface area contributed by atoms with Gasteiger partial charge in [0.2, 0.25) is 6.04 Å². The van der Waals surface area contributed by atoms with Gasteiger partial charge in [-0.3, -0.25) is 4.79 Å². The molecule has 0 saturated carbocycles. The molecule has 0 spiro atoms. The maximum absolute atomic E-state index is 11.3. The predicted molar refractivity (Wildman–Crippen MR) is 73.2 cm³/mol. The number of hydrazone groups is 1. The number of carbonyl (C=O) groups excluding carboxylic acids is 1. The molecule has 0 bridgehead atoms. The molecule has 0 fully saturated rings. The van der Waals surface area contributed by atoms with Crippen molar-refractivity contribution in [2.24, 2.45) is 21.1 Å². The Balaban J connectivity index is 2.12. The highest BCUT2D eigenvalue weighted by molar-refractivity contribution is 6.10. The van der Waals surface area contributed by atoms with Crippen molar-refractivity contribution in [1.82, 2.24) is 5.43 Å². The highest BCUT2D eigenvalue weighted by atomic mass is 16.2. The van der Waals surface area contributed by atoms with E-state index in [0.717, 1.165) is 0 Å². The summed E-state index contributed by atoms with van der Waals surface area (Å²) in [5.74, 6) is -0.215. The van der Waals surface area contributed by atoms with E-state index in [1.807, 2.05) is 24.3 Å². The lowest BCUT2D eigenvalue weighted by Gasteiger charge is -2.18. The first kappa shape index (κ1) is 13.2. The van der Waals surface area contributed by atoms with Gasteiger partial charge in [0.05, 0.1) is 5.69 Å². The fourth-order valence-electron chi connectivity index (χ4n) is 1.64. The Kier molecular flexibility index (Phi) is 3.33. The molecular formula is C13H17N5O. The van der Waals surface area contributed by atoms with Crippen LogP contribution in [0, 0.1) is 0 Å². The van der Waals surface area contributed by atoms with Gasteiger partial charge >= 0.3 is 0 Å². The second-order valence-corrected chi connectivity index (χ2v) is 5.43.